The van der Waals surface area contributed by atoms with Crippen molar-refractivity contribution in [1.82, 2.24) is 20.4 Å². The summed E-state index contributed by atoms with van der Waals surface area (Å²) in [6.07, 6.45) is 2.52. The van der Waals surface area contributed by atoms with E-state index in [4.69, 9.17) is 13.7 Å². The Bertz CT molecular complexity index is 1090. The summed E-state index contributed by atoms with van der Waals surface area (Å²) in [5, 5.41) is 7.62. The number of likely N-dealkylation sites (tertiary alicyclic amines) is 1. The monoisotopic (exact) mass is 426 g/mol. The van der Waals surface area contributed by atoms with Gasteiger partial charge in [0.25, 0.3) is 11.6 Å². The lowest BCUT2D eigenvalue weighted by atomic mass is 10.0. The largest absolute Gasteiger partial charge is 0.463 e. The number of piperidine rings is 1. The first kappa shape index (κ1) is 20.9. The van der Waals surface area contributed by atoms with Gasteiger partial charge in [-0.15, -0.1) is 0 Å². The number of furan rings is 1. The predicted octanol–water partition coefficient (Wildman–Crippen LogP) is 3.92. The molecule has 0 bridgehead atoms. The molecule has 3 aromatic rings. The molecule has 4 rings (SSSR count). The zero-order valence-corrected chi connectivity index (χ0v) is 18.1. The number of ether oxygens (including phenoxy) is 1. The molecule has 1 saturated heterocycles. The third-order valence-corrected chi connectivity index (χ3v) is 5.12. The van der Waals surface area contributed by atoms with Crippen LogP contribution >= 0.6 is 0 Å². The van der Waals surface area contributed by atoms with E-state index in [0.717, 1.165) is 0 Å². The summed E-state index contributed by atoms with van der Waals surface area (Å²) in [7, 11) is 0. The van der Waals surface area contributed by atoms with E-state index in [9.17, 15) is 9.59 Å². The first-order valence-electron chi connectivity index (χ1n) is 10.3. The number of aromatic nitrogens is 2. The van der Waals surface area contributed by atoms with Crippen LogP contribution in [0.5, 0.6) is 0 Å². The molecule has 1 fully saturated rings. The van der Waals surface area contributed by atoms with E-state index in [1.165, 1.54) is 0 Å². The Morgan fingerprint density at radius 3 is 2.65 bits per heavy atom. The maximum atomic E-state index is 13.2. The Kier molecular flexibility index (Phi) is 5.43. The number of hydrogen-bond acceptors (Lipinski definition) is 7. The Morgan fingerprint density at radius 2 is 2.00 bits per heavy atom. The van der Waals surface area contributed by atoms with Crippen LogP contribution in [0.25, 0.3) is 22.6 Å². The van der Waals surface area contributed by atoms with Crippen molar-refractivity contribution in [3.63, 3.8) is 0 Å². The number of aryl methyl sites for hydroxylation is 1. The molecular formula is C22H26N4O5. The SMILES string of the molecule is Cc1noc2nc(-c3ccco3)cc(C(=O)NC3CCN(C(=O)OC(C)(C)C)CC3)c12. The molecule has 0 aliphatic carbocycles. The van der Waals surface area contributed by atoms with Crippen LogP contribution in [0.15, 0.2) is 33.4 Å². The van der Waals surface area contributed by atoms with Gasteiger partial charge in [0.15, 0.2) is 5.76 Å². The minimum Gasteiger partial charge on any atom is -0.463 e. The van der Waals surface area contributed by atoms with Crippen molar-refractivity contribution >= 4 is 23.1 Å². The summed E-state index contributed by atoms with van der Waals surface area (Å²) in [4.78, 5) is 31.5. The van der Waals surface area contributed by atoms with E-state index in [2.05, 4.69) is 15.5 Å². The highest BCUT2D eigenvalue weighted by molar-refractivity contribution is 6.07. The van der Waals surface area contributed by atoms with Gasteiger partial charge in [-0.05, 0) is 58.7 Å². The summed E-state index contributed by atoms with van der Waals surface area (Å²) in [5.74, 6) is 0.304. The van der Waals surface area contributed by atoms with Gasteiger partial charge in [-0.3, -0.25) is 4.79 Å². The summed E-state index contributed by atoms with van der Waals surface area (Å²) in [5.41, 5.74) is 1.29. The lowest BCUT2D eigenvalue weighted by Crippen LogP contribution is -2.47. The summed E-state index contributed by atoms with van der Waals surface area (Å²) >= 11 is 0. The fourth-order valence-corrected chi connectivity index (χ4v) is 3.62. The summed E-state index contributed by atoms with van der Waals surface area (Å²) < 4.78 is 16.2. The molecular weight excluding hydrogens is 400 g/mol. The van der Waals surface area contributed by atoms with Crippen molar-refractivity contribution in [3.8, 4) is 11.5 Å². The minimum absolute atomic E-state index is 0.0540. The number of fused-ring (bicyclic) bond motifs is 1. The van der Waals surface area contributed by atoms with Gasteiger partial charge < -0.3 is 23.9 Å². The third-order valence-electron chi connectivity index (χ3n) is 5.12. The van der Waals surface area contributed by atoms with Crippen LogP contribution in [0.1, 0.15) is 49.7 Å². The molecule has 1 N–H and O–H groups in total. The molecule has 1 aliphatic rings. The number of amides is 2. The molecule has 9 heteroatoms. The van der Waals surface area contributed by atoms with E-state index in [1.807, 2.05) is 20.8 Å². The van der Waals surface area contributed by atoms with E-state index in [-0.39, 0.29) is 23.8 Å². The molecule has 0 atom stereocenters. The van der Waals surface area contributed by atoms with Gasteiger partial charge in [0, 0.05) is 19.1 Å². The number of carbonyl (C=O) groups excluding carboxylic acids is 2. The van der Waals surface area contributed by atoms with E-state index < -0.39 is 5.60 Å². The highest BCUT2D eigenvalue weighted by atomic mass is 16.6. The van der Waals surface area contributed by atoms with E-state index >= 15 is 0 Å². The molecule has 0 spiro atoms. The third kappa shape index (κ3) is 4.55. The maximum absolute atomic E-state index is 13.2. The van der Waals surface area contributed by atoms with Crippen LogP contribution in [-0.2, 0) is 4.74 Å². The number of nitrogens with zero attached hydrogens (tertiary/aromatic N) is 3. The quantitative estimate of drug-likeness (QED) is 0.676. The number of nitrogens with one attached hydrogen (secondary N) is 1. The highest BCUT2D eigenvalue weighted by Crippen LogP contribution is 2.27. The Hall–Kier alpha value is -3.36. The van der Waals surface area contributed by atoms with Crippen LogP contribution in [0, 0.1) is 6.92 Å². The number of carbonyl (C=O) groups is 2. The smallest absolute Gasteiger partial charge is 0.410 e. The number of rotatable bonds is 3. The van der Waals surface area contributed by atoms with E-state index in [0.29, 0.717) is 54.0 Å². The average molecular weight is 426 g/mol. The molecule has 2 amide bonds. The first-order valence-corrected chi connectivity index (χ1v) is 10.3. The van der Waals surface area contributed by atoms with Crippen LogP contribution in [0.4, 0.5) is 4.79 Å². The molecule has 9 nitrogen and oxygen atoms in total. The number of pyridine rings is 1. The van der Waals surface area contributed by atoms with Crippen molar-refractivity contribution in [1.29, 1.82) is 0 Å². The molecule has 0 radical (unpaired) electrons. The van der Waals surface area contributed by atoms with E-state index in [1.54, 1.807) is 36.3 Å². The molecule has 0 saturated carbocycles. The standard InChI is InChI=1S/C22H26N4O5/c1-13-18-15(12-16(17-6-5-11-29-17)24-20(18)31-25-13)19(27)23-14-7-9-26(10-8-14)21(28)30-22(2,3)4/h5-6,11-12,14H,7-10H2,1-4H3,(H,23,27). The minimum atomic E-state index is -0.531. The predicted molar refractivity (Wildman–Crippen MR) is 113 cm³/mol. The van der Waals surface area contributed by atoms with Crippen LogP contribution in [0.3, 0.4) is 0 Å². The normalized spacial score (nSPS) is 15.3. The molecule has 3 aromatic heterocycles. The molecule has 0 aromatic carbocycles. The Labute approximate surface area is 179 Å². The van der Waals surface area contributed by atoms with Gasteiger partial charge in [0.2, 0.25) is 0 Å². The lowest BCUT2D eigenvalue weighted by molar-refractivity contribution is 0.0199. The van der Waals surface area contributed by atoms with Gasteiger partial charge in [0.1, 0.15) is 11.3 Å². The van der Waals surface area contributed by atoms with Crippen LogP contribution in [-0.4, -0.2) is 51.8 Å². The van der Waals surface area contributed by atoms with Crippen molar-refractivity contribution in [2.75, 3.05) is 13.1 Å². The van der Waals surface area contributed by atoms with Gasteiger partial charge in [-0.1, -0.05) is 5.16 Å². The fourth-order valence-electron chi connectivity index (χ4n) is 3.62. The fraction of sp³-hybridized carbons (Fsp3) is 0.455. The number of hydrogen-bond donors (Lipinski definition) is 1. The highest BCUT2D eigenvalue weighted by Gasteiger charge is 2.28. The van der Waals surface area contributed by atoms with Gasteiger partial charge in [0.05, 0.1) is 22.9 Å². The average Bonchev–Trinajstić information content (AvgIpc) is 3.37. The lowest BCUT2D eigenvalue weighted by Gasteiger charge is -2.33. The molecule has 4 heterocycles. The van der Waals surface area contributed by atoms with Crippen molar-refractivity contribution in [2.45, 2.75) is 52.2 Å². The van der Waals surface area contributed by atoms with Crippen molar-refractivity contribution in [2.24, 2.45) is 0 Å². The van der Waals surface area contributed by atoms with Gasteiger partial charge in [-0.2, -0.15) is 0 Å². The summed E-state index contributed by atoms with van der Waals surface area (Å²) in [6.45, 7) is 8.35. The zero-order valence-electron chi connectivity index (χ0n) is 18.1. The zero-order chi connectivity index (χ0) is 22.2. The summed E-state index contributed by atoms with van der Waals surface area (Å²) in [6, 6.07) is 5.16. The molecule has 0 unspecified atom stereocenters. The molecule has 1 aliphatic heterocycles. The van der Waals surface area contributed by atoms with Gasteiger partial charge >= 0.3 is 6.09 Å². The second-order valence-corrected chi connectivity index (χ2v) is 8.70. The van der Waals surface area contributed by atoms with Crippen molar-refractivity contribution < 1.29 is 23.3 Å². The Balaban J connectivity index is 1.48. The topological polar surface area (TPSA) is 111 Å². The first-order chi connectivity index (χ1) is 14.7. The van der Waals surface area contributed by atoms with Crippen LogP contribution < -0.4 is 5.32 Å². The van der Waals surface area contributed by atoms with Crippen LogP contribution in [0.2, 0.25) is 0 Å². The molecule has 164 valence electrons. The second-order valence-electron chi connectivity index (χ2n) is 8.70. The Morgan fingerprint density at radius 1 is 1.26 bits per heavy atom. The van der Waals surface area contributed by atoms with Crippen molar-refractivity contribution in [3.05, 3.63) is 35.7 Å². The van der Waals surface area contributed by atoms with Gasteiger partial charge in [-0.25, -0.2) is 9.78 Å². The molecule has 31 heavy (non-hydrogen) atoms. The maximum Gasteiger partial charge on any atom is 0.410 e. The second kappa shape index (κ2) is 8.05.